The summed E-state index contributed by atoms with van der Waals surface area (Å²) in [6.07, 6.45) is -1.73. The SMILES string of the molecule is O=C1CCC(C(=O)Nc2ncc(Cc3cccc(C(F)(F)F)c3)s2)CN1. The van der Waals surface area contributed by atoms with Gasteiger partial charge in [0.15, 0.2) is 5.13 Å². The van der Waals surface area contributed by atoms with E-state index in [9.17, 15) is 22.8 Å². The molecule has 1 aliphatic rings. The first-order valence-electron chi connectivity index (χ1n) is 7.99. The second-order valence-corrected chi connectivity index (χ2v) is 7.15. The molecule has 0 saturated carbocycles. The Morgan fingerprint density at radius 2 is 2.19 bits per heavy atom. The van der Waals surface area contributed by atoms with Crippen molar-refractivity contribution < 1.29 is 22.8 Å². The first kappa shape index (κ1) is 18.4. The molecule has 2 heterocycles. The van der Waals surface area contributed by atoms with Crippen LogP contribution in [0.2, 0.25) is 0 Å². The molecule has 1 aromatic heterocycles. The lowest BCUT2D eigenvalue weighted by Gasteiger charge is -2.20. The van der Waals surface area contributed by atoms with Crippen LogP contribution in [-0.4, -0.2) is 23.3 Å². The van der Waals surface area contributed by atoms with Gasteiger partial charge in [-0.05, 0) is 18.1 Å². The maximum Gasteiger partial charge on any atom is 0.416 e. The fourth-order valence-corrected chi connectivity index (χ4v) is 3.52. The molecular formula is C17H16F3N3O2S. The minimum atomic E-state index is -4.38. The maximum absolute atomic E-state index is 12.8. The smallest absolute Gasteiger partial charge is 0.355 e. The van der Waals surface area contributed by atoms with E-state index in [1.165, 1.54) is 17.4 Å². The van der Waals surface area contributed by atoms with Crippen LogP contribution in [0.4, 0.5) is 18.3 Å². The summed E-state index contributed by atoms with van der Waals surface area (Å²) in [4.78, 5) is 28.2. The molecule has 0 radical (unpaired) electrons. The molecule has 1 fully saturated rings. The number of alkyl halides is 3. The van der Waals surface area contributed by atoms with Crippen LogP contribution in [0.25, 0.3) is 0 Å². The van der Waals surface area contributed by atoms with Gasteiger partial charge < -0.3 is 10.6 Å². The van der Waals surface area contributed by atoms with Gasteiger partial charge in [-0.15, -0.1) is 11.3 Å². The molecule has 2 N–H and O–H groups in total. The second kappa shape index (κ2) is 7.45. The van der Waals surface area contributed by atoms with E-state index in [2.05, 4.69) is 15.6 Å². The van der Waals surface area contributed by atoms with Crippen molar-refractivity contribution in [1.29, 1.82) is 0 Å². The van der Waals surface area contributed by atoms with E-state index in [1.807, 2.05) is 0 Å². The van der Waals surface area contributed by atoms with Crippen LogP contribution in [0, 0.1) is 5.92 Å². The van der Waals surface area contributed by atoms with Crippen molar-refractivity contribution in [2.75, 3.05) is 11.9 Å². The topological polar surface area (TPSA) is 71.1 Å². The standard InChI is InChI=1S/C17H16F3N3O2S/c18-17(19,20)12-3-1-2-10(6-12)7-13-9-22-16(26-13)23-15(25)11-4-5-14(24)21-8-11/h1-3,6,9,11H,4-5,7-8H2,(H,21,24)(H,22,23,25). The van der Waals surface area contributed by atoms with Gasteiger partial charge in [0, 0.05) is 30.5 Å². The Kier molecular flexibility index (Phi) is 5.26. The number of halogens is 3. The van der Waals surface area contributed by atoms with E-state index in [0.717, 1.165) is 17.0 Å². The van der Waals surface area contributed by atoms with E-state index in [4.69, 9.17) is 0 Å². The van der Waals surface area contributed by atoms with Crippen molar-refractivity contribution in [3.63, 3.8) is 0 Å². The quantitative estimate of drug-likeness (QED) is 0.852. The Morgan fingerprint density at radius 3 is 2.88 bits per heavy atom. The number of carbonyl (C=O) groups excluding carboxylic acids is 2. The lowest BCUT2D eigenvalue weighted by Crippen LogP contribution is -2.40. The normalized spacial score (nSPS) is 17.7. The van der Waals surface area contributed by atoms with Crippen LogP contribution >= 0.6 is 11.3 Å². The molecule has 0 bridgehead atoms. The van der Waals surface area contributed by atoms with E-state index < -0.39 is 11.7 Å². The summed E-state index contributed by atoms with van der Waals surface area (Å²) >= 11 is 1.22. The van der Waals surface area contributed by atoms with Gasteiger partial charge in [0.25, 0.3) is 0 Å². The summed E-state index contributed by atoms with van der Waals surface area (Å²) in [5.74, 6) is -0.583. The fourth-order valence-electron chi connectivity index (χ4n) is 2.67. The summed E-state index contributed by atoms with van der Waals surface area (Å²) in [5.41, 5.74) is -0.163. The molecule has 1 unspecified atom stereocenters. The van der Waals surface area contributed by atoms with Gasteiger partial charge in [-0.1, -0.05) is 18.2 Å². The Balaban J connectivity index is 1.61. The summed E-state index contributed by atoms with van der Waals surface area (Å²) < 4.78 is 38.3. The van der Waals surface area contributed by atoms with Crippen LogP contribution < -0.4 is 10.6 Å². The van der Waals surface area contributed by atoms with Crippen molar-refractivity contribution >= 4 is 28.3 Å². The third-order valence-corrected chi connectivity index (χ3v) is 4.97. The number of rotatable bonds is 4. The molecule has 138 valence electrons. The fraction of sp³-hybridized carbons (Fsp3) is 0.353. The molecule has 1 saturated heterocycles. The van der Waals surface area contributed by atoms with E-state index >= 15 is 0 Å². The molecule has 26 heavy (non-hydrogen) atoms. The number of anilines is 1. The molecule has 2 aromatic rings. The predicted octanol–water partition coefficient (Wildman–Crippen LogP) is 3.22. The summed E-state index contributed by atoms with van der Waals surface area (Å²) in [5, 5.41) is 5.75. The van der Waals surface area contributed by atoms with Crippen molar-refractivity contribution in [2.45, 2.75) is 25.4 Å². The second-order valence-electron chi connectivity index (χ2n) is 6.04. The summed E-state index contributed by atoms with van der Waals surface area (Å²) in [6, 6.07) is 5.14. The first-order chi connectivity index (χ1) is 12.3. The zero-order chi connectivity index (χ0) is 18.7. The monoisotopic (exact) mass is 383 g/mol. The number of nitrogens with one attached hydrogen (secondary N) is 2. The lowest BCUT2D eigenvalue weighted by atomic mass is 9.98. The Hall–Kier alpha value is -2.42. The van der Waals surface area contributed by atoms with Crippen molar-refractivity contribution in [2.24, 2.45) is 5.92 Å². The summed E-state index contributed by atoms with van der Waals surface area (Å²) in [7, 11) is 0. The zero-order valence-electron chi connectivity index (χ0n) is 13.6. The molecule has 9 heteroatoms. The highest BCUT2D eigenvalue weighted by Gasteiger charge is 2.30. The van der Waals surface area contributed by atoms with E-state index in [-0.39, 0.29) is 17.7 Å². The number of benzene rings is 1. The van der Waals surface area contributed by atoms with Crippen molar-refractivity contribution in [1.82, 2.24) is 10.3 Å². The van der Waals surface area contributed by atoms with Crippen LogP contribution in [0.3, 0.4) is 0 Å². The third kappa shape index (κ3) is 4.60. The highest BCUT2D eigenvalue weighted by atomic mass is 32.1. The van der Waals surface area contributed by atoms with Gasteiger partial charge in [0.2, 0.25) is 11.8 Å². The van der Waals surface area contributed by atoms with E-state index in [0.29, 0.717) is 36.5 Å². The number of piperidine rings is 1. The molecule has 1 atom stereocenters. The molecule has 1 aliphatic heterocycles. The molecule has 5 nitrogen and oxygen atoms in total. The average molecular weight is 383 g/mol. The Bertz CT molecular complexity index is 810. The molecule has 0 spiro atoms. The van der Waals surface area contributed by atoms with Gasteiger partial charge in [0.1, 0.15) is 0 Å². The molecule has 0 aliphatic carbocycles. The highest BCUT2D eigenvalue weighted by molar-refractivity contribution is 7.15. The maximum atomic E-state index is 12.8. The van der Waals surface area contributed by atoms with Gasteiger partial charge in [-0.2, -0.15) is 13.2 Å². The van der Waals surface area contributed by atoms with Crippen LogP contribution in [-0.2, 0) is 22.2 Å². The number of hydrogen-bond donors (Lipinski definition) is 2. The minimum absolute atomic E-state index is 0.0633. The van der Waals surface area contributed by atoms with Gasteiger partial charge >= 0.3 is 6.18 Å². The first-order valence-corrected chi connectivity index (χ1v) is 8.81. The molecular weight excluding hydrogens is 367 g/mol. The number of amides is 2. The number of nitrogens with zero attached hydrogens (tertiary/aromatic N) is 1. The average Bonchev–Trinajstić information content (AvgIpc) is 3.02. The number of carbonyl (C=O) groups is 2. The van der Waals surface area contributed by atoms with Crippen LogP contribution in [0.5, 0.6) is 0 Å². The number of thiazole rings is 1. The minimum Gasteiger partial charge on any atom is -0.355 e. The predicted molar refractivity (Wildman–Crippen MR) is 90.7 cm³/mol. The summed E-state index contributed by atoms with van der Waals surface area (Å²) in [6.45, 7) is 0.299. The Labute approximate surface area is 151 Å². The third-order valence-electron chi connectivity index (χ3n) is 4.05. The Morgan fingerprint density at radius 1 is 1.38 bits per heavy atom. The number of aromatic nitrogens is 1. The molecule has 3 rings (SSSR count). The highest BCUT2D eigenvalue weighted by Crippen LogP contribution is 2.30. The van der Waals surface area contributed by atoms with Crippen molar-refractivity contribution in [3.8, 4) is 0 Å². The van der Waals surface area contributed by atoms with Gasteiger partial charge in [-0.25, -0.2) is 4.98 Å². The van der Waals surface area contributed by atoms with Crippen LogP contribution in [0.1, 0.15) is 28.8 Å². The molecule has 2 amide bonds. The van der Waals surface area contributed by atoms with Gasteiger partial charge in [0.05, 0.1) is 11.5 Å². The van der Waals surface area contributed by atoms with Crippen molar-refractivity contribution in [3.05, 3.63) is 46.5 Å². The largest absolute Gasteiger partial charge is 0.416 e. The zero-order valence-corrected chi connectivity index (χ0v) is 14.4. The van der Waals surface area contributed by atoms with E-state index in [1.54, 1.807) is 12.3 Å². The lowest BCUT2D eigenvalue weighted by molar-refractivity contribution is -0.137. The number of hydrogen-bond acceptors (Lipinski definition) is 4. The van der Waals surface area contributed by atoms with Crippen LogP contribution in [0.15, 0.2) is 30.5 Å². The molecule has 1 aromatic carbocycles. The van der Waals surface area contributed by atoms with Gasteiger partial charge in [-0.3, -0.25) is 9.59 Å².